The molecule has 2 amide bonds. The number of carbonyl (C=O) groups is 2. The Hall–Kier alpha value is -2.96. The minimum absolute atomic E-state index is 0.165. The summed E-state index contributed by atoms with van der Waals surface area (Å²) in [7, 11) is 0. The number of nitrogens with two attached hydrogens (primary N) is 1. The number of halogens is 1. The summed E-state index contributed by atoms with van der Waals surface area (Å²) in [6, 6.07) is 9.05. The molecule has 0 aliphatic rings. The first-order valence-corrected chi connectivity index (χ1v) is 6.44. The van der Waals surface area contributed by atoms with E-state index in [1.165, 1.54) is 30.5 Å². The molecule has 0 spiro atoms. The van der Waals surface area contributed by atoms with Crippen LogP contribution in [0.2, 0.25) is 0 Å². The lowest BCUT2D eigenvalue weighted by Crippen LogP contribution is -2.33. The van der Waals surface area contributed by atoms with E-state index in [0.717, 1.165) is 0 Å². The number of nitrogens with one attached hydrogen (secondary N) is 1. The summed E-state index contributed by atoms with van der Waals surface area (Å²) in [6.45, 7) is -0.0748. The Labute approximate surface area is 126 Å². The first-order valence-electron chi connectivity index (χ1n) is 6.44. The molecule has 6 nitrogen and oxygen atoms in total. The molecule has 1 aromatic carbocycles. The van der Waals surface area contributed by atoms with Crippen LogP contribution in [0.3, 0.4) is 0 Å². The molecule has 1 aromatic heterocycles. The lowest BCUT2D eigenvalue weighted by atomic mass is 10.2. The zero-order valence-electron chi connectivity index (χ0n) is 11.6. The number of primary amides is 1. The minimum Gasteiger partial charge on any atom is -0.473 e. The Balaban J connectivity index is 1.91. The van der Waals surface area contributed by atoms with E-state index in [0.29, 0.717) is 11.4 Å². The highest BCUT2D eigenvalue weighted by atomic mass is 19.1. The maximum Gasteiger partial charge on any atom is 0.253 e. The number of rotatable bonds is 6. The van der Waals surface area contributed by atoms with Crippen molar-refractivity contribution in [1.82, 2.24) is 10.3 Å². The fraction of sp³-hybridized carbons (Fsp3) is 0.133. The van der Waals surface area contributed by atoms with E-state index >= 15 is 0 Å². The summed E-state index contributed by atoms with van der Waals surface area (Å²) in [4.78, 5) is 26.2. The molecule has 0 fully saturated rings. The second-order valence-electron chi connectivity index (χ2n) is 4.45. The van der Waals surface area contributed by atoms with Crippen molar-refractivity contribution in [3.05, 3.63) is 59.5 Å². The van der Waals surface area contributed by atoms with Crippen LogP contribution in [0.25, 0.3) is 0 Å². The Morgan fingerprint density at radius 1 is 1.27 bits per heavy atom. The fourth-order valence-electron chi connectivity index (χ4n) is 1.65. The zero-order chi connectivity index (χ0) is 15.9. The molecule has 1 heterocycles. The van der Waals surface area contributed by atoms with Gasteiger partial charge >= 0.3 is 0 Å². The molecule has 0 bridgehead atoms. The summed E-state index contributed by atoms with van der Waals surface area (Å²) in [5, 5.41) is 2.35. The summed E-state index contributed by atoms with van der Waals surface area (Å²) >= 11 is 0. The van der Waals surface area contributed by atoms with Crippen molar-refractivity contribution in [1.29, 1.82) is 0 Å². The standard InChI is InChI=1S/C15H14FN3O3/c16-12-3-1-2-10(6-12)9-22-14-5-4-11(7-18-14)15(21)19-8-13(17)20/h1-7H,8-9H2,(H2,17,20)(H,19,21). The van der Waals surface area contributed by atoms with Crippen molar-refractivity contribution in [3.8, 4) is 5.88 Å². The van der Waals surface area contributed by atoms with Crippen molar-refractivity contribution >= 4 is 11.8 Å². The predicted octanol–water partition coefficient (Wildman–Crippen LogP) is 1.01. The molecule has 3 N–H and O–H groups in total. The van der Waals surface area contributed by atoms with E-state index < -0.39 is 11.8 Å². The van der Waals surface area contributed by atoms with E-state index in [1.54, 1.807) is 12.1 Å². The van der Waals surface area contributed by atoms with Crippen molar-refractivity contribution in [2.24, 2.45) is 5.73 Å². The molecule has 0 aliphatic heterocycles. The van der Waals surface area contributed by atoms with Crippen molar-refractivity contribution < 1.29 is 18.7 Å². The van der Waals surface area contributed by atoms with Gasteiger partial charge in [0.1, 0.15) is 12.4 Å². The van der Waals surface area contributed by atoms with Gasteiger partial charge in [-0.15, -0.1) is 0 Å². The quantitative estimate of drug-likeness (QED) is 0.833. The number of hydrogen-bond acceptors (Lipinski definition) is 4. The van der Waals surface area contributed by atoms with Gasteiger partial charge in [0, 0.05) is 12.3 Å². The number of aromatic nitrogens is 1. The highest BCUT2D eigenvalue weighted by molar-refractivity contribution is 5.96. The Kier molecular flexibility index (Phi) is 5.02. The number of carbonyl (C=O) groups excluding carboxylic acids is 2. The van der Waals surface area contributed by atoms with Gasteiger partial charge < -0.3 is 15.8 Å². The van der Waals surface area contributed by atoms with Crippen LogP contribution >= 0.6 is 0 Å². The molecular weight excluding hydrogens is 289 g/mol. The van der Waals surface area contributed by atoms with Crippen molar-refractivity contribution in [2.45, 2.75) is 6.61 Å². The summed E-state index contributed by atoms with van der Waals surface area (Å²) in [5.41, 5.74) is 5.88. The van der Waals surface area contributed by atoms with E-state index in [4.69, 9.17) is 10.5 Å². The van der Waals surface area contributed by atoms with Gasteiger partial charge in [0.2, 0.25) is 11.8 Å². The van der Waals surface area contributed by atoms with Crippen LogP contribution in [0, 0.1) is 5.82 Å². The number of amides is 2. The zero-order valence-corrected chi connectivity index (χ0v) is 11.6. The summed E-state index contributed by atoms with van der Waals surface area (Å²) < 4.78 is 18.4. The SMILES string of the molecule is NC(=O)CNC(=O)c1ccc(OCc2cccc(F)c2)nc1. The van der Waals surface area contributed by atoms with E-state index in [1.807, 2.05) is 0 Å². The molecule has 0 atom stereocenters. The van der Waals surface area contributed by atoms with Crippen LogP contribution in [0.5, 0.6) is 5.88 Å². The number of pyridine rings is 1. The molecule has 0 saturated carbocycles. The molecule has 7 heteroatoms. The van der Waals surface area contributed by atoms with Crippen LogP contribution in [0.4, 0.5) is 4.39 Å². The highest BCUT2D eigenvalue weighted by Gasteiger charge is 2.07. The fourth-order valence-corrected chi connectivity index (χ4v) is 1.65. The molecule has 0 unspecified atom stereocenters. The van der Waals surface area contributed by atoms with Gasteiger partial charge in [0.15, 0.2) is 0 Å². The maximum absolute atomic E-state index is 13.0. The topological polar surface area (TPSA) is 94.3 Å². The molecular formula is C15H14FN3O3. The second kappa shape index (κ2) is 7.16. The van der Waals surface area contributed by atoms with Gasteiger partial charge in [-0.1, -0.05) is 12.1 Å². The van der Waals surface area contributed by atoms with Crippen molar-refractivity contribution in [2.75, 3.05) is 6.54 Å². The molecule has 0 saturated heterocycles. The van der Waals surface area contributed by atoms with Crippen LogP contribution in [-0.4, -0.2) is 23.3 Å². The minimum atomic E-state index is -0.628. The van der Waals surface area contributed by atoms with E-state index in [2.05, 4.69) is 10.3 Å². The van der Waals surface area contributed by atoms with E-state index in [9.17, 15) is 14.0 Å². The lowest BCUT2D eigenvalue weighted by Gasteiger charge is -2.06. The van der Waals surface area contributed by atoms with Gasteiger partial charge in [-0.05, 0) is 23.8 Å². The molecule has 2 aromatic rings. The number of nitrogens with zero attached hydrogens (tertiary/aromatic N) is 1. The first-order chi connectivity index (χ1) is 10.5. The third kappa shape index (κ3) is 4.55. The smallest absolute Gasteiger partial charge is 0.253 e. The summed E-state index contributed by atoms with van der Waals surface area (Å²) in [5.74, 6) is -1.12. The Bertz CT molecular complexity index is 674. The Morgan fingerprint density at radius 2 is 2.09 bits per heavy atom. The molecule has 114 valence electrons. The first kappa shape index (κ1) is 15.4. The largest absolute Gasteiger partial charge is 0.473 e. The molecule has 0 radical (unpaired) electrons. The van der Waals surface area contributed by atoms with Gasteiger partial charge in [0.05, 0.1) is 12.1 Å². The maximum atomic E-state index is 13.0. The van der Waals surface area contributed by atoms with Gasteiger partial charge in [-0.3, -0.25) is 9.59 Å². The number of ether oxygens (including phenoxy) is 1. The molecule has 2 rings (SSSR count). The predicted molar refractivity (Wildman–Crippen MR) is 76.5 cm³/mol. The highest BCUT2D eigenvalue weighted by Crippen LogP contribution is 2.11. The average Bonchev–Trinajstić information content (AvgIpc) is 2.51. The second-order valence-corrected chi connectivity index (χ2v) is 4.45. The van der Waals surface area contributed by atoms with Crippen molar-refractivity contribution in [3.63, 3.8) is 0 Å². The van der Waals surface area contributed by atoms with Crippen LogP contribution in [0.1, 0.15) is 15.9 Å². The molecule has 0 aliphatic carbocycles. The third-order valence-corrected chi connectivity index (χ3v) is 2.70. The van der Waals surface area contributed by atoms with E-state index in [-0.39, 0.29) is 24.5 Å². The van der Waals surface area contributed by atoms with Gasteiger partial charge in [-0.2, -0.15) is 0 Å². The van der Waals surface area contributed by atoms with Crippen LogP contribution in [-0.2, 0) is 11.4 Å². The Morgan fingerprint density at radius 3 is 2.73 bits per heavy atom. The molecule has 22 heavy (non-hydrogen) atoms. The number of hydrogen-bond donors (Lipinski definition) is 2. The average molecular weight is 303 g/mol. The third-order valence-electron chi connectivity index (χ3n) is 2.70. The van der Waals surface area contributed by atoms with Crippen LogP contribution < -0.4 is 15.8 Å². The van der Waals surface area contributed by atoms with Gasteiger partial charge in [0.25, 0.3) is 5.91 Å². The summed E-state index contributed by atoms with van der Waals surface area (Å²) in [6.07, 6.45) is 1.32. The van der Waals surface area contributed by atoms with Gasteiger partial charge in [-0.25, -0.2) is 9.37 Å². The van der Waals surface area contributed by atoms with Crippen LogP contribution in [0.15, 0.2) is 42.6 Å². The monoisotopic (exact) mass is 303 g/mol. The lowest BCUT2D eigenvalue weighted by molar-refractivity contribution is -0.117. The normalized spacial score (nSPS) is 10.0. The number of benzene rings is 1.